The van der Waals surface area contributed by atoms with Gasteiger partial charge in [-0.2, -0.15) is 10.4 Å². The Balaban J connectivity index is 2.08. The second-order valence-electron chi connectivity index (χ2n) is 3.14. The fourth-order valence-electron chi connectivity index (χ4n) is 1.28. The van der Waals surface area contributed by atoms with Crippen molar-refractivity contribution in [3.63, 3.8) is 0 Å². The van der Waals surface area contributed by atoms with Gasteiger partial charge in [0.05, 0.1) is 24.4 Å². The van der Waals surface area contributed by atoms with E-state index in [4.69, 9.17) is 5.26 Å². The molecule has 0 saturated carbocycles. The minimum absolute atomic E-state index is 0.450. The topological polar surface area (TPSA) is 64.5 Å². The molecule has 4 heteroatoms. The zero-order valence-electron chi connectivity index (χ0n) is 8.07. The van der Waals surface area contributed by atoms with Gasteiger partial charge < -0.3 is 5.32 Å². The maximum Gasteiger partial charge on any atom is 0.0767 e. The van der Waals surface area contributed by atoms with Crippen LogP contribution in [-0.2, 0) is 6.42 Å². The van der Waals surface area contributed by atoms with Crippen molar-refractivity contribution in [3.8, 4) is 6.07 Å². The minimum Gasteiger partial charge on any atom is -0.353 e. The van der Waals surface area contributed by atoms with Crippen molar-refractivity contribution in [1.82, 2.24) is 10.2 Å². The lowest BCUT2D eigenvalue weighted by Crippen LogP contribution is -1.88. The lowest BCUT2D eigenvalue weighted by Gasteiger charge is -2.03. The summed E-state index contributed by atoms with van der Waals surface area (Å²) in [5.74, 6) is 0. The summed E-state index contributed by atoms with van der Waals surface area (Å²) in [7, 11) is 0. The number of aromatic amines is 1. The van der Waals surface area contributed by atoms with Gasteiger partial charge in [-0.05, 0) is 17.7 Å². The highest BCUT2D eigenvalue weighted by atomic mass is 15.1. The first-order chi connectivity index (χ1) is 7.38. The summed E-state index contributed by atoms with van der Waals surface area (Å²) in [5, 5.41) is 18.3. The van der Waals surface area contributed by atoms with Gasteiger partial charge in [-0.15, -0.1) is 0 Å². The van der Waals surface area contributed by atoms with Crippen LogP contribution in [0.25, 0.3) is 0 Å². The molecule has 0 aliphatic carbocycles. The molecule has 0 atom stereocenters. The first-order valence-electron chi connectivity index (χ1n) is 4.60. The first-order valence-corrected chi connectivity index (χ1v) is 4.60. The highest BCUT2D eigenvalue weighted by molar-refractivity contribution is 5.58. The molecule has 0 spiro atoms. The number of nitrogens with zero attached hydrogens (tertiary/aromatic N) is 2. The van der Waals surface area contributed by atoms with Crippen molar-refractivity contribution in [2.75, 3.05) is 5.32 Å². The average molecular weight is 198 g/mol. The molecular formula is C11H10N4. The molecule has 0 fully saturated rings. The molecule has 2 N–H and O–H groups in total. The van der Waals surface area contributed by atoms with Gasteiger partial charge in [0.1, 0.15) is 0 Å². The van der Waals surface area contributed by atoms with Crippen molar-refractivity contribution < 1.29 is 0 Å². The molecule has 0 aliphatic heterocycles. The second-order valence-corrected chi connectivity index (χ2v) is 3.14. The first kappa shape index (κ1) is 9.28. The van der Waals surface area contributed by atoms with Crippen LogP contribution < -0.4 is 5.32 Å². The fourth-order valence-corrected chi connectivity index (χ4v) is 1.28. The van der Waals surface area contributed by atoms with E-state index in [2.05, 4.69) is 21.6 Å². The van der Waals surface area contributed by atoms with Gasteiger partial charge >= 0.3 is 0 Å². The van der Waals surface area contributed by atoms with Crippen molar-refractivity contribution in [2.24, 2.45) is 0 Å². The number of hydrogen-bond acceptors (Lipinski definition) is 3. The van der Waals surface area contributed by atoms with E-state index in [1.807, 2.05) is 24.3 Å². The Hall–Kier alpha value is -2.28. The van der Waals surface area contributed by atoms with E-state index in [0.29, 0.717) is 6.42 Å². The minimum atomic E-state index is 0.450. The van der Waals surface area contributed by atoms with Crippen molar-refractivity contribution >= 4 is 11.4 Å². The molecule has 0 radical (unpaired) electrons. The van der Waals surface area contributed by atoms with Crippen LogP contribution in [0.1, 0.15) is 5.56 Å². The summed E-state index contributed by atoms with van der Waals surface area (Å²) in [6.45, 7) is 0. The molecule has 15 heavy (non-hydrogen) atoms. The molecule has 4 nitrogen and oxygen atoms in total. The Kier molecular flexibility index (Phi) is 2.65. The van der Waals surface area contributed by atoms with E-state index >= 15 is 0 Å². The van der Waals surface area contributed by atoms with Crippen LogP contribution in [0.4, 0.5) is 11.4 Å². The van der Waals surface area contributed by atoms with E-state index in [1.54, 1.807) is 12.4 Å². The van der Waals surface area contributed by atoms with Gasteiger partial charge in [0, 0.05) is 11.9 Å². The van der Waals surface area contributed by atoms with Crippen molar-refractivity contribution in [3.05, 3.63) is 42.2 Å². The number of benzene rings is 1. The molecule has 0 unspecified atom stereocenters. The Morgan fingerprint density at radius 2 is 2.07 bits per heavy atom. The molecule has 0 saturated heterocycles. The smallest absolute Gasteiger partial charge is 0.0767 e. The van der Waals surface area contributed by atoms with Gasteiger partial charge in [0.25, 0.3) is 0 Å². The van der Waals surface area contributed by atoms with Gasteiger partial charge in [0.15, 0.2) is 0 Å². The average Bonchev–Trinajstić information content (AvgIpc) is 2.74. The highest BCUT2D eigenvalue weighted by Gasteiger charge is 1.95. The summed E-state index contributed by atoms with van der Waals surface area (Å²) < 4.78 is 0. The molecule has 1 heterocycles. The predicted molar refractivity (Wildman–Crippen MR) is 57.6 cm³/mol. The summed E-state index contributed by atoms with van der Waals surface area (Å²) in [4.78, 5) is 0. The van der Waals surface area contributed by atoms with Crippen LogP contribution in [0.5, 0.6) is 0 Å². The van der Waals surface area contributed by atoms with Crippen LogP contribution in [0.3, 0.4) is 0 Å². The Morgan fingerprint density at radius 1 is 1.27 bits per heavy atom. The maximum atomic E-state index is 8.52. The highest BCUT2D eigenvalue weighted by Crippen LogP contribution is 2.15. The van der Waals surface area contributed by atoms with Gasteiger partial charge in [-0.1, -0.05) is 12.1 Å². The van der Waals surface area contributed by atoms with E-state index in [9.17, 15) is 0 Å². The number of aromatic nitrogens is 2. The maximum absolute atomic E-state index is 8.52. The fraction of sp³-hybridized carbons (Fsp3) is 0.0909. The van der Waals surface area contributed by atoms with Crippen LogP contribution in [0, 0.1) is 11.3 Å². The standard InChI is InChI=1S/C11H10N4/c12-6-5-9-1-3-10(4-2-9)15-11-7-13-14-8-11/h1-4,7-8,15H,5H2,(H,13,14). The van der Waals surface area contributed by atoms with Crippen molar-refractivity contribution in [1.29, 1.82) is 5.26 Å². The molecule has 0 aliphatic rings. The molecule has 1 aromatic carbocycles. The second kappa shape index (κ2) is 4.29. The number of anilines is 2. The Morgan fingerprint density at radius 3 is 2.67 bits per heavy atom. The van der Waals surface area contributed by atoms with E-state index in [1.165, 1.54) is 0 Å². The monoisotopic (exact) mass is 198 g/mol. The molecule has 2 rings (SSSR count). The molecule has 0 bridgehead atoms. The van der Waals surface area contributed by atoms with Gasteiger partial charge in [-0.3, -0.25) is 5.10 Å². The van der Waals surface area contributed by atoms with Crippen LogP contribution in [-0.4, -0.2) is 10.2 Å². The number of H-pyrrole nitrogens is 1. The molecule has 0 amide bonds. The zero-order valence-corrected chi connectivity index (χ0v) is 8.07. The summed E-state index contributed by atoms with van der Waals surface area (Å²) >= 11 is 0. The SMILES string of the molecule is N#CCc1ccc(Nc2cn[nH]c2)cc1. The third kappa shape index (κ3) is 2.35. The van der Waals surface area contributed by atoms with Crippen LogP contribution >= 0.6 is 0 Å². The van der Waals surface area contributed by atoms with Gasteiger partial charge in [0.2, 0.25) is 0 Å². The number of rotatable bonds is 3. The Bertz CT molecular complexity index is 450. The molecule has 1 aromatic heterocycles. The third-order valence-electron chi connectivity index (χ3n) is 2.02. The quantitative estimate of drug-likeness (QED) is 0.794. The van der Waals surface area contributed by atoms with Gasteiger partial charge in [-0.25, -0.2) is 0 Å². The third-order valence-corrected chi connectivity index (χ3v) is 2.02. The number of hydrogen-bond donors (Lipinski definition) is 2. The lowest BCUT2D eigenvalue weighted by molar-refractivity contribution is 1.09. The van der Waals surface area contributed by atoms with Crippen molar-refractivity contribution in [2.45, 2.75) is 6.42 Å². The summed E-state index contributed by atoms with van der Waals surface area (Å²) in [6, 6.07) is 9.87. The summed E-state index contributed by atoms with van der Waals surface area (Å²) in [5.41, 5.74) is 2.93. The predicted octanol–water partition coefficient (Wildman–Crippen LogP) is 2.22. The van der Waals surface area contributed by atoms with Crippen LogP contribution in [0.2, 0.25) is 0 Å². The molecule has 2 aromatic rings. The Labute approximate surface area is 87.6 Å². The van der Waals surface area contributed by atoms with E-state index in [0.717, 1.165) is 16.9 Å². The largest absolute Gasteiger partial charge is 0.353 e. The number of nitrogens with one attached hydrogen (secondary N) is 2. The van der Waals surface area contributed by atoms with Crippen LogP contribution in [0.15, 0.2) is 36.7 Å². The molecular weight excluding hydrogens is 188 g/mol. The lowest BCUT2D eigenvalue weighted by atomic mass is 10.1. The van der Waals surface area contributed by atoms with E-state index < -0.39 is 0 Å². The van der Waals surface area contributed by atoms with E-state index in [-0.39, 0.29) is 0 Å². The normalized spacial score (nSPS) is 9.53. The molecule has 74 valence electrons. The number of nitriles is 1. The summed E-state index contributed by atoms with van der Waals surface area (Å²) in [6.07, 6.45) is 3.94. The zero-order chi connectivity index (χ0) is 10.5.